The van der Waals surface area contributed by atoms with Crippen molar-refractivity contribution < 1.29 is 5.11 Å². The van der Waals surface area contributed by atoms with E-state index in [2.05, 4.69) is 71.7 Å². The lowest BCUT2D eigenvalue weighted by molar-refractivity contribution is 0.0186. The Balaban J connectivity index is 1.56. The van der Waals surface area contributed by atoms with E-state index in [1.54, 1.807) is 0 Å². The minimum Gasteiger partial charge on any atom is -0.390 e. The lowest BCUT2D eigenvalue weighted by Crippen LogP contribution is -2.53. The van der Waals surface area contributed by atoms with Crippen molar-refractivity contribution >= 4 is 0 Å². The standard InChI is InChI=1S/C21H28N2O/c1-2-20(18-11-7-4-8-12-18)23-14-13-19(21(24)16-23)22-15-17-9-5-3-6-10-17/h3-12,19-22,24H,2,13-16H2,1H3. The van der Waals surface area contributed by atoms with Gasteiger partial charge in [0, 0.05) is 31.7 Å². The van der Waals surface area contributed by atoms with Crippen LogP contribution in [0, 0.1) is 0 Å². The van der Waals surface area contributed by atoms with Crippen LogP contribution in [0.25, 0.3) is 0 Å². The molecule has 0 saturated carbocycles. The van der Waals surface area contributed by atoms with Crippen LogP contribution < -0.4 is 5.32 Å². The molecule has 3 atom stereocenters. The van der Waals surface area contributed by atoms with E-state index < -0.39 is 0 Å². The number of likely N-dealkylation sites (tertiary alicyclic amines) is 1. The van der Waals surface area contributed by atoms with Gasteiger partial charge < -0.3 is 10.4 Å². The van der Waals surface area contributed by atoms with Gasteiger partial charge in [0.2, 0.25) is 0 Å². The van der Waals surface area contributed by atoms with Crippen LogP contribution in [0.4, 0.5) is 0 Å². The first-order chi connectivity index (χ1) is 11.8. The Bertz CT molecular complexity index is 602. The van der Waals surface area contributed by atoms with Gasteiger partial charge in [0.05, 0.1) is 6.10 Å². The van der Waals surface area contributed by atoms with Gasteiger partial charge in [-0.1, -0.05) is 67.6 Å². The van der Waals surface area contributed by atoms with Crippen LogP contribution in [0.1, 0.15) is 36.9 Å². The number of nitrogens with zero attached hydrogens (tertiary/aromatic N) is 1. The second-order valence-electron chi connectivity index (χ2n) is 6.66. The molecule has 24 heavy (non-hydrogen) atoms. The van der Waals surface area contributed by atoms with E-state index in [-0.39, 0.29) is 12.1 Å². The van der Waals surface area contributed by atoms with E-state index in [1.165, 1.54) is 11.1 Å². The maximum atomic E-state index is 10.6. The highest BCUT2D eigenvalue weighted by Crippen LogP contribution is 2.27. The van der Waals surface area contributed by atoms with Crippen LogP contribution in [0.3, 0.4) is 0 Å². The summed E-state index contributed by atoms with van der Waals surface area (Å²) in [6.07, 6.45) is 1.73. The van der Waals surface area contributed by atoms with Gasteiger partial charge in [-0.15, -0.1) is 0 Å². The SMILES string of the molecule is CCC(c1ccccc1)N1CCC(NCc2ccccc2)C(O)C1. The first-order valence-electron chi connectivity index (χ1n) is 9.02. The van der Waals surface area contributed by atoms with E-state index in [1.807, 2.05) is 6.07 Å². The Labute approximate surface area is 145 Å². The van der Waals surface area contributed by atoms with Crippen molar-refractivity contribution in [3.05, 3.63) is 71.8 Å². The average Bonchev–Trinajstić information content (AvgIpc) is 2.63. The third kappa shape index (κ3) is 4.23. The molecule has 0 aromatic heterocycles. The largest absolute Gasteiger partial charge is 0.390 e. The van der Waals surface area contributed by atoms with Gasteiger partial charge in [-0.2, -0.15) is 0 Å². The van der Waals surface area contributed by atoms with Crippen molar-refractivity contribution in [2.24, 2.45) is 0 Å². The van der Waals surface area contributed by atoms with Crippen LogP contribution in [-0.2, 0) is 6.54 Å². The highest BCUT2D eigenvalue weighted by atomic mass is 16.3. The molecule has 128 valence electrons. The molecule has 2 aromatic carbocycles. The molecule has 0 spiro atoms. The summed E-state index contributed by atoms with van der Waals surface area (Å²) in [6.45, 7) is 4.80. The molecule has 3 rings (SSSR count). The molecule has 0 amide bonds. The lowest BCUT2D eigenvalue weighted by atomic mass is 9.96. The fourth-order valence-electron chi connectivity index (χ4n) is 3.70. The Morgan fingerprint density at radius 2 is 1.75 bits per heavy atom. The minimum atomic E-state index is -0.319. The van der Waals surface area contributed by atoms with Crippen molar-refractivity contribution in [1.29, 1.82) is 0 Å². The summed E-state index contributed by atoms with van der Waals surface area (Å²) >= 11 is 0. The molecule has 1 fully saturated rings. The van der Waals surface area contributed by atoms with Crippen LogP contribution in [-0.4, -0.2) is 35.2 Å². The third-order valence-corrected chi connectivity index (χ3v) is 5.04. The second kappa shape index (κ2) is 8.43. The molecule has 3 unspecified atom stereocenters. The first kappa shape index (κ1) is 17.2. The zero-order valence-corrected chi connectivity index (χ0v) is 14.4. The molecule has 1 aliphatic rings. The summed E-state index contributed by atoms with van der Waals surface area (Å²) in [5.41, 5.74) is 2.62. The number of aliphatic hydroxyl groups excluding tert-OH is 1. The summed E-state index contributed by atoms with van der Waals surface area (Å²) in [5.74, 6) is 0. The minimum absolute atomic E-state index is 0.176. The Kier molecular flexibility index (Phi) is 6.02. The van der Waals surface area contributed by atoms with Crippen LogP contribution in [0.15, 0.2) is 60.7 Å². The predicted octanol–water partition coefficient (Wildman–Crippen LogP) is 3.36. The molecule has 0 aliphatic carbocycles. The third-order valence-electron chi connectivity index (χ3n) is 5.04. The van der Waals surface area contributed by atoms with Crippen molar-refractivity contribution in [3.8, 4) is 0 Å². The molecule has 0 radical (unpaired) electrons. The Morgan fingerprint density at radius 3 is 2.38 bits per heavy atom. The van der Waals surface area contributed by atoms with E-state index in [0.717, 1.165) is 32.5 Å². The van der Waals surface area contributed by atoms with Crippen LogP contribution >= 0.6 is 0 Å². The summed E-state index contributed by atoms with van der Waals surface area (Å²) in [4.78, 5) is 2.43. The second-order valence-corrected chi connectivity index (χ2v) is 6.66. The van der Waals surface area contributed by atoms with E-state index in [9.17, 15) is 5.11 Å². The lowest BCUT2D eigenvalue weighted by Gasteiger charge is -2.40. The highest BCUT2D eigenvalue weighted by Gasteiger charge is 2.30. The zero-order valence-electron chi connectivity index (χ0n) is 14.4. The summed E-state index contributed by atoms with van der Waals surface area (Å²) in [6, 6.07) is 21.6. The van der Waals surface area contributed by atoms with Crippen molar-refractivity contribution in [2.75, 3.05) is 13.1 Å². The van der Waals surface area contributed by atoms with Gasteiger partial charge in [-0.05, 0) is 24.0 Å². The van der Waals surface area contributed by atoms with E-state index in [0.29, 0.717) is 6.04 Å². The number of piperidine rings is 1. The van der Waals surface area contributed by atoms with Crippen LogP contribution in [0.5, 0.6) is 0 Å². The number of rotatable bonds is 6. The topological polar surface area (TPSA) is 35.5 Å². The summed E-state index contributed by atoms with van der Waals surface area (Å²) < 4.78 is 0. The van der Waals surface area contributed by atoms with Crippen LogP contribution in [0.2, 0.25) is 0 Å². The van der Waals surface area contributed by atoms with Gasteiger partial charge in [-0.25, -0.2) is 0 Å². The molecule has 1 saturated heterocycles. The monoisotopic (exact) mass is 324 g/mol. The van der Waals surface area contributed by atoms with E-state index >= 15 is 0 Å². The summed E-state index contributed by atoms with van der Waals surface area (Å²) in [5, 5.41) is 14.1. The summed E-state index contributed by atoms with van der Waals surface area (Å²) in [7, 11) is 0. The molecule has 2 aromatic rings. The number of β-amino-alcohol motifs (C(OH)–C–C–N with tert-alkyl or cyclic N) is 1. The average molecular weight is 324 g/mol. The molecular formula is C21H28N2O. The number of aliphatic hydroxyl groups is 1. The smallest absolute Gasteiger partial charge is 0.0820 e. The van der Waals surface area contributed by atoms with Crippen molar-refractivity contribution in [2.45, 2.75) is 44.5 Å². The molecule has 2 N–H and O–H groups in total. The molecule has 1 aliphatic heterocycles. The van der Waals surface area contributed by atoms with Gasteiger partial charge >= 0.3 is 0 Å². The quantitative estimate of drug-likeness (QED) is 0.855. The number of hydrogen-bond acceptors (Lipinski definition) is 3. The molecule has 3 nitrogen and oxygen atoms in total. The fraction of sp³-hybridized carbons (Fsp3) is 0.429. The number of benzene rings is 2. The van der Waals surface area contributed by atoms with Crippen molar-refractivity contribution in [3.63, 3.8) is 0 Å². The maximum absolute atomic E-state index is 10.6. The Hall–Kier alpha value is -1.68. The number of nitrogens with one attached hydrogen (secondary N) is 1. The van der Waals surface area contributed by atoms with Crippen molar-refractivity contribution in [1.82, 2.24) is 10.2 Å². The van der Waals surface area contributed by atoms with Gasteiger partial charge in [-0.3, -0.25) is 4.90 Å². The van der Waals surface area contributed by atoms with Gasteiger partial charge in [0.25, 0.3) is 0 Å². The molecule has 3 heteroatoms. The van der Waals surface area contributed by atoms with Gasteiger partial charge in [0.1, 0.15) is 0 Å². The predicted molar refractivity (Wildman–Crippen MR) is 98.7 cm³/mol. The van der Waals surface area contributed by atoms with Gasteiger partial charge in [0.15, 0.2) is 0 Å². The molecule has 1 heterocycles. The maximum Gasteiger partial charge on any atom is 0.0820 e. The molecular weight excluding hydrogens is 296 g/mol. The normalized spacial score (nSPS) is 23.1. The highest BCUT2D eigenvalue weighted by molar-refractivity contribution is 5.19. The Morgan fingerprint density at radius 1 is 1.08 bits per heavy atom. The number of hydrogen-bond donors (Lipinski definition) is 2. The zero-order chi connectivity index (χ0) is 16.8. The van der Waals surface area contributed by atoms with E-state index in [4.69, 9.17) is 0 Å². The first-order valence-corrected chi connectivity index (χ1v) is 9.02. The molecule has 0 bridgehead atoms. The fourth-order valence-corrected chi connectivity index (χ4v) is 3.70.